The molecule has 1 aromatic heterocycles. The topological polar surface area (TPSA) is 97.2 Å². The minimum atomic E-state index is -0.848. The van der Waals surface area contributed by atoms with Gasteiger partial charge in [-0.05, 0) is 19.1 Å². The molecule has 0 aliphatic heterocycles. The SMILES string of the molecule is Cc1[nH]c(=S)sc1CC(=O)NCCOC(N)=O. The lowest BCUT2D eigenvalue weighted by molar-refractivity contribution is -0.120. The molecular formula is C9H13N3O3S2. The van der Waals surface area contributed by atoms with E-state index in [2.05, 4.69) is 15.0 Å². The number of nitrogens with one attached hydrogen (secondary N) is 2. The van der Waals surface area contributed by atoms with Crippen LogP contribution in [0.2, 0.25) is 0 Å². The lowest BCUT2D eigenvalue weighted by Gasteiger charge is -2.04. The summed E-state index contributed by atoms with van der Waals surface area (Å²) in [6, 6.07) is 0. The number of aromatic nitrogens is 1. The highest BCUT2D eigenvalue weighted by Crippen LogP contribution is 2.14. The van der Waals surface area contributed by atoms with Gasteiger partial charge in [0.1, 0.15) is 6.61 Å². The summed E-state index contributed by atoms with van der Waals surface area (Å²) in [5, 5.41) is 2.61. The molecule has 17 heavy (non-hydrogen) atoms. The Morgan fingerprint density at radius 1 is 1.59 bits per heavy atom. The first-order valence-electron chi connectivity index (χ1n) is 4.86. The van der Waals surface area contributed by atoms with Crippen molar-refractivity contribution < 1.29 is 14.3 Å². The highest BCUT2D eigenvalue weighted by atomic mass is 32.1. The van der Waals surface area contributed by atoms with E-state index >= 15 is 0 Å². The van der Waals surface area contributed by atoms with Crippen molar-refractivity contribution in [3.05, 3.63) is 14.5 Å². The highest BCUT2D eigenvalue weighted by molar-refractivity contribution is 7.73. The van der Waals surface area contributed by atoms with E-state index in [1.54, 1.807) is 0 Å². The number of thiazole rings is 1. The molecule has 0 atom stereocenters. The molecule has 0 fully saturated rings. The zero-order valence-corrected chi connectivity index (χ0v) is 10.9. The van der Waals surface area contributed by atoms with Gasteiger partial charge in [0.2, 0.25) is 5.91 Å². The van der Waals surface area contributed by atoms with Gasteiger partial charge in [0, 0.05) is 10.6 Å². The molecule has 1 heterocycles. The molecule has 0 aliphatic rings. The van der Waals surface area contributed by atoms with Gasteiger partial charge in [0.05, 0.1) is 13.0 Å². The molecule has 0 bridgehead atoms. The first-order chi connectivity index (χ1) is 7.99. The summed E-state index contributed by atoms with van der Waals surface area (Å²) in [4.78, 5) is 25.6. The van der Waals surface area contributed by atoms with Crippen molar-refractivity contribution in [3.8, 4) is 0 Å². The molecule has 8 heteroatoms. The summed E-state index contributed by atoms with van der Waals surface area (Å²) in [5.74, 6) is -0.147. The molecule has 4 N–H and O–H groups in total. The largest absolute Gasteiger partial charge is 0.448 e. The van der Waals surface area contributed by atoms with Crippen molar-refractivity contribution in [1.29, 1.82) is 0 Å². The number of aromatic amines is 1. The van der Waals surface area contributed by atoms with Crippen LogP contribution in [0.25, 0.3) is 0 Å². The van der Waals surface area contributed by atoms with Crippen LogP contribution in [0.5, 0.6) is 0 Å². The van der Waals surface area contributed by atoms with Crippen LogP contribution in [-0.4, -0.2) is 30.1 Å². The van der Waals surface area contributed by atoms with Crippen LogP contribution in [0.15, 0.2) is 0 Å². The summed E-state index contributed by atoms with van der Waals surface area (Å²) in [7, 11) is 0. The Hall–Kier alpha value is -1.41. The fourth-order valence-electron chi connectivity index (χ4n) is 1.16. The molecule has 0 radical (unpaired) electrons. The number of primary amides is 1. The van der Waals surface area contributed by atoms with Crippen LogP contribution in [0, 0.1) is 10.9 Å². The quantitative estimate of drug-likeness (QED) is 0.548. The average molecular weight is 275 g/mol. The van der Waals surface area contributed by atoms with E-state index in [-0.39, 0.29) is 25.5 Å². The van der Waals surface area contributed by atoms with Crippen LogP contribution in [0.1, 0.15) is 10.6 Å². The predicted octanol–water partition coefficient (Wildman–Crippen LogP) is 0.868. The Morgan fingerprint density at radius 3 is 2.82 bits per heavy atom. The van der Waals surface area contributed by atoms with Crippen molar-refractivity contribution in [3.63, 3.8) is 0 Å². The molecule has 0 unspecified atom stereocenters. The van der Waals surface area contributed by atoms with Crippen LogP contribution < -0.4 is 11.1 Å². The predicted molar refractivity (Wildman–Crippen MR) is 66.5 cm³/mol. The summed E-state index contributed by atoms with van der Waals surface area (Å²) in [5.41, 5.74) is 5.67. The summed E-state index contributed by atoms with van der Waals surface area (Å²) >= 11 is 6.35. The summed E-state index contributed by atoms with van der Waals surface area (Å²) < 4.78 is 5.13. The number of H-pyrrole nitrogens is 1. The van der Waals surface area contributed by atoms with E-state index in [0.29, 0.717) is 3.95 Å². The molecule has 0 aromatic carbocycles. The van der Waals surface area contributed by atoms with E-state index in [1.165, 1.54) is 11.3 Å². The van der Waals surface area contributed by atoms with Gasteiger partial charge in [-0.25, -0.2) is 4.79 Å². The number of carbonyl (C=O) groups excluding carboxylic acids is 2. The maximum absolute atomic E-state index is 11.5. The van der Waals surface area contributed by atoms with E-state index in [1.807, 2.05) is 6.92 Å². The molecule has 0 aliphatic carbocycles. The van der Waals surface area contributed by atoms with Crippen LogP contribution >= 0.6 is 23.6 Å². The second-order valence-electron chi connectivity index (χ2n) is 3.26. The molecule has 94 valence electrons. The monoisotopic (exact) mass is 275 g/mol. The second-order valence-corrected chi connectivity index (χ2v) is 5.03. The zero-order chi connectivity index (χ0) is 12.8. The van der Waals surface area contributed by atoms with Crippen molar-refractivity contribution in [1.82, 2.24) is 10.3 Å². The lowest BCUT2D eigenvalue weighted by atomic mass is 10.3. The Balaban J connectivity index is 2.32. The Morgan fingerprint density at radius 2 is 2.29 bits per heavy atom. The van der Waals surface area contributed by atoms with Gasteiger partial charge < -0.3 is 20.8 Å². The normalized spacial score (nSPS) is 9.94. The first-order valence-corrected chi connectivity index (χ1v) is 6.09. The molecule has 2 amide bonds. The minimum Gasteiger partial charge on any atom is -0.448 e. The van der Waals surface area contributed by atoms with E-state index in [0.717, 1.165) is 10.6 Å². The summed E-state index contributed by atoms with van der Waals surface area (Å²) in [6.07, 6.45) is -0.584. The third-order valence-corrected chi connectivity index (χ3v) is 3.25. The molecule has 0 spiro atoms. The highest BCUT2D eigenvalue weighted by Gasteiger charge is 2.08. The number of carbonyl (C=O) groups is 2. The number of hydrogen-bond acceptors (Lipinski definition) is 5. The first kappa shape index (κ1) is 13.7. The maximum Gasteiger partial charge on any atom is 0.404 e. The maximum atomic E-state index is 11.5. The number of nitrogens with two attached hydrogens (primary N) is 1. The van der Waals surface area contributed by atoms with Crippen molar-refractivity contribution in [2.45, 2.75) is 13.3 Å². The van der Waals surface area contributed by atoms with E-state index in [9.17, 15) is 9.59 Å². The number of amides is 2. The number of rotatable bonds is 5. The van der Waals surface area contributed by atoms with Crippen molar-refractivity contribution >= 4 is 35.6 Å². The van der Waals surface area contributed by atoms with Gasteiger partial charge in [-0.3, -0.25) is 4.79 Å². The number of aryl methyl sites for hydroxylation is 1. The molecule has 0 saturated heterocycles. The standard InChI is InChI=1S/C9H13N3O3S2/c1-5-6(17-9(16)12-5)4-7(13)11-2-3-15-8(10)14/h2-4H2,1H3,(H2,10,14)(H,11,13)(H,12,16). The number of hydrogen-bond donors (Lipinski definition) is 3. The average Bonchev–Trinajstić information content (AvgIpc) is 2.52. The van der Waals surface area contributed by atoms with Gasteiger partial charge in [0.15, 0.2) is 3.95 Å². The van der Waals surface area contributed by atoms with Crippen LogP contribution in [-0.2, 0) is 16.0 Å². The van der Waals surface area contributed by atoms with Gasteiger partial charge >= 0.3 is 6.09 Å². The third-order valence-electron chi connectivity index (χ3n) is 1.91. The Kier molecular flexibility index (Phi) is 5.11. The van der Waals surface area contributed by atoms with Crippen molar-refractivity contribution in [2.75, 3.05) is 13.2 Å². The van der Waals surface area contributed by atoms with Crippen LogP contribution in [0.3, 0.4) is 0 Å². The molecular weight excluding hydrogens is 262 g/mol. The fraction of sp³-hybridized carbons (Fsp3) is 0.444. The van der Waals surface area contributed by atoms with E-state index < -0.39 is 6.09 Å². The minimum absolute atomic E-state index is 0.0723. The lowest BCUT2D eigenvalue weighted by Crippen LogP contribution is -2.30. The van der Waals surface area contributed by atoms with Gasteiger partial charge in [-0.15, -0.1) is 11.3 Å². The smallest absolute Gasteiger partial charge is 0.404 e. The molecule has 0 saturated carbocycles. The summed E-state index contributed by atoms with van der Waals surface area (Å²) in [6.45, 7) is 2.19. The number of ether oxygens (including phenoxy) is 1. The van der Waals surface area contributed by atoms with Crippen LogP contribution in [0.4, 0.5) is 4.79 Å². The zero-order valence-electron chi connectivity index (χ0n) is 9.24. The van der Waals surface area contributed by atoms with Gasteiger partial charge in [0.25, 0.3) is 0 Å². The molecule has 6 nitrogen and oxygen atoms in total. The van der Waals surface area contributed by atoms with Crippen molar-refractivity contribution in [2.24, 2.45) is 5.73 Å². The van der Waals surface area contributed by atoms with Gasteiger partial charge in [-0.2, -0.15) is 0 Å². The Bertz CT molecular complexity index is 466. The Labute approximate surface area is 107 Å². The molecule has 1 aromatic rings. The molecule has 1 rings (SSSR count). The van der Waals surface area contributed by atoms with E-state index in [4.69, 9.17) is 18.0 Å². The van der Waals surface area contributed by atoms with Gasteiger partial charge in [-0.1, -0.05) is 0 Å². The fourth-order valence-corrected chi connectivity index (χ4v) is 2.45. The second kappa shape index (κ2) is 6.36. The third kappa shape index (κ3) is 4.96.